The third kappa shape index (κ3) is 4.65. The maximum Gasteiger partial charge on any atom is 0.273 e. The zero-order chi connectivity index (χ0) is 19.2. The number of carbonyl (C=O) groups is 2. The Bertz CT molecular complexity index is 983. The molecule has 138 valence electrons. The molecule has 0 unspecified atom stereocenters. The number of fused-ring (bicyclic) bond motifs is 1. The van der Waals surface area contributed by atoms with Crippen LogP contribution in [-0.4, -0.2) is 18.4 Å². The van der Waals surface area contributed by atoms with E-state index in [1.165, 1.54) is 0 Å². The molecule has 0 heterocycles. The number of hydrazine groups is 1. The highest BCUT2D eigenvalue weighted by molar-refractivity contribution is 9.10. The van der Waals surface area contributed by atoms with Gasteiger partial charge in [-0.3, -0.25) is 20.4 Å². The lowest BCUT2D eigenvalue weighted by molar-refractivity contribution is -0.121. The Balaban J connectivity index is 1.67. The number of amides is 2. The van der Waals surface area contributed by atoms with E-state index < -0.39 is 5.91 Å². The van der Waals surface area contributed by atoms with Crippen molar-refractivity contribution in [1.29, 1.82) is 0 Å². The number of hydrogen-bond donors (Lipinski definition) is 2. The molecule has 0 aliphatic heterocycles. The lowest BCUT2D eigenvalue weighted by Gasteiger charge is -2.12. The van der Waals surface area contributed by atoms with Crippen LogP contribution >= 0.6 is 15.9 Å². The molecule has 3 aromatic carbocycles. The number of carbonyl (C=O) groups excluding carboxylic acids is 2. The minimum atomic E-state index is -0.439. The Morgan fingerprint density at radius 1 is 1.00 bits per heavy atom. The van der Waals surface area contributed by atoms with Crippen molar-refractivity contribution in [1.82, 2.24) is 10.9 Å². The second-order valence-electron chi connectivity index (χ2n) is 5.89. The molecule has 3 rings (SSSR count). The SMILES string of the molecule is CCOc1ccc(Br)cc1C(=O)NNC(=O)Cc1cccc2ccccc12. The molecule has 6 heteroatoms. The van der Waals surface area contributed by atoms with Crippen LogP contribution in [0.5, 0.6) is 5.75 Å². The highest BCUT2D eigenvalue weighted by Crippen LogP contribution is 2.23. The van der Waals surface area contributed by atoms with Crippen molar-refractivity contribution in [2.24, 2.45) is 0 Å². The predicted molar refractivity (Wildman–Crippen MR) is 109 cm³/mol. The first-order valence-corrected chi connectivity index (χ1v) is 9.36. The monoisotopic (exact) mass is 426 g/mol. The molecular weight excluding hydrogens is 408 g/mol. The van der Waals surface area contributed by atoms with Crippen LogP contribution in [0, 0.1) is 0 Å². The van der Waals surface area contributed by atoms with E-state index in [-0.39, 0.29) is 12.3 Å². The molecule has 0 saturated carbocycles. The van der Waals surface area contributed by atoms with Crippen molar-refractivity contribution in [2.75, 3.05) is 6.61 Å². The van der Waals surface area contributed by atoms with Crippen LogP contribution in [-0.2, 0) is 11.2 Å². The van der Waals surface area contributed by atoms with E-state index in [4.69, 9.17) is 4.74 Å². The second kappa shape index (κ2) is 8.68. The summed E-state index contributed by atoms with van der Waals surface area (Å²) in [6.45, 7) is 2.28. The molecule has 0 radical (unpaired) electrons. The smallest absolute Gasteiger partial charge is 0.273 e. The fraction of sp³-hybridized carbons (Fsp3) is 0.143. The molecule has 5 nitrogen and oxygen atoms in total. The van der Waals surface area contributed by atoms with Crippen LogP contribution in [0.4, 0.5) is 0 Å². The molecule has 0 bridgehead atoms. The van der Waals surface area contributed by atoms with Gasteiger partial charge in [0.15, 0.2) is 0 Å². The van der Waals surface area contributed by atoms with Crippen molar-refractivity contribution >= 4 is 38.5 Å². The molecule has 3 aromatic rings. The van der Waals surface area contributed by atoms with E-state index in [9.17, 15) is 9.59 Å². The Labute approximate surface area is 165 Å². The molecule has 0 saturated heterocycles. The maximum atomic E-state index is 12.4. The van der Waals surface area contributed by atoms with Gasteiger partial charge in [0.05, 0.1) is 18.6 Å². The minimum Gasteiger partial charge on any atom is -0.493 e. The fourth-order valence-electron chi connectivity index (χ4n) is 2.82. The van der Waals surface area contributed by atoms with E-state index >= 15 is 0 Å². The summed E-state index contributed by atoms with van der Waals surface area (Å²) in [6, 6.07) is 18.9. The Hall–Kier alpha value is -2.86. The van der Waals surface area contributed by atoms with Gasteiger partial charge >= 0.3 is 0 Å². The summed E-state index contributed by atoms with van der Waals surface area (Å²) in [5, 5.41) is 2.09. The van der Waals surface area contributed by atoms with Crippen LogP contribution in [0.1, 0.15) is 22.8 Å². The minimum absolute atomic E-state index is 0.165. The summed E-state index contributed by atoms with van der Waals surface area (Å²) in [7, 11) is 0. The summed E-state index contributed by atoms with van der Waals surface area (Å²) in [5.41, 5.74) is 6.17. The molecule has 0 aromatic heterocycles. The van der Waals surface area contributed by atoms with Crippen molar-refractivity contribution < 1.29 is 14.3 Å². The van der Waals surface area contributed by atoms with Crippen LogP contribution in [0.3, 0.4) is 0 Å². The van der Waals surface area contributed by atoms with Crippen molar-refractivity contribution in [2.45, 2.75) is 13.3 Å². The molecule has 2 N–H and O–H groups in total. The van der Waals surface area contributed by atoms with Gasteiger partial charge in [-0.05, 0) is 41.5 Å². The van der Waals surface area contributed by atoms with Crippen molar-refractivity contribution in [3.05, 3.63) is 76.3 Å². The molecule has 0 atom stereocenters. The van der Waals surface area contributed by atoms with Crippen LogP contribution in [0.25, 0.3) is 10.8 Å². The summed E-state index contributed by atoms with van der Waals surface area (Å²) >= 11 is 3.34. The molecule has 0 spiro atoms. The Morgan fingerprint density at radius 3 is 2.59 bits per heavy atom. The van der Waals surface area contributed by atoms with Crippen LogP contribution in [0.15, 0.2) is 65.1 Å². The average Bonchev–Trinajstić information content (AvgIpc) is 2.68. The van der Waals surface area contributed by atoms with Crippen LogP contribution in [0.2, 0.25) is 0 Å². The third-order valence-corrected chi connectivity index (χ3v) is 4.53. The van der Waals surface area contributed by atoms with E-state index in [0.29, 0.717) is 17.9 Å². The van der Waals surface area contributed by atoms with Gasteiger partial charge in [-0.2, -0.15) is 0 Å². The van der Waals surface area contributed by atoms with E-state index in [1.807, 2.05) is 49.4 Å². The lowest BCUT2D eigenvalue weighted by Crippen LogP contribution is -2.42. The van der Waals surface area contributed by atoms with Gasteiger partial charge in [-0.25, -0.2) is 0 Å². The number of halogens is 1. The highest BCUT2D eigenvalue weighted by atomic mass is 79.9. The number of hydrogen-bond acceptors (Lipinski definition) is 3. The predicted octanol–water partition coefficient (Wildman–Crippen LogP) is 4.00. The van der Waals surface area contributed by atoms with Gasteiger partial charge in [-0.15, -0.1) is 0 Å². The van der Waals surface area contributed by atoms with E-state index in [2.05, 4.69) is 26.8 Å². The van der Waals surface area contributed by atoms with E-state index in [0.717, 1.165) is 20.8 Å². The fourth-order valence-corrected chi connectivity index (χ4v) is 3.18. The third-order valence-electron chi connectivity index (χ3n) is 4.03. The summed E-state index contributed by atoms with van der Waals surface area (Å²) in [5.74, 6) is -0.278. The molecule has 27 heavy (non-hydrogen) atoms. The quantitative estimate of drug-likeness (QED) is 0.605. The van der Waals surface area contributed by atoms with Gasteiger partial charge in [0.2, 0.25) is 5.91 Å². The van der Waals surface area contributed by atoms with Gasteiger partial charge in [0, 0.05) is 4.47 Å². The van der Waals surface area contributed by atoms with Gasteiger partial charge in [0.25, 0.3) is 5.91 Å². The summed E-state index contributed by atoms with van der Waals surface area (Å²) in [4.78, 5) is 24.7. The highest BCUT2D eigenvalue weighted by Gasteiger charge is 2.14. The number of benzene rings is 3. The molecular formula is C21H19BrN2O3. The Morgan fingerprint density at radius 2 is 1.78 bits per heavy atom. The molecule has 0 fully saturated rings. The zero-order valence-electron chi connectivity index (χ0n) is 14.8. The largest absolute Gasteiger partial charge is 0.493 e. The number of nitrogens with one attached hydrogen (secondary N) is 2. The Kier molecular flexibility index (Phi) is 6.08. The topological polar surface area (TPSA) is 67.4 Å². The maximum absolute atomic E-state index is 12.4. The first-order valence-electron chi connectivity index (χ1n) is 8.56. The molecule has 0 aliphatic rings. The zero-order valence-corrected chi connectivity index (χ0v) is 16.4. The first kappa shape index (κ1) is 18.9. The average molecular weight is 427 g/mol. The first-order chi connectivity index (χ1) is 13.1. The van der Waals surface area contributed by atoms with Gasteiger partial charge in [0.1, 0.15) is 5.75 Å². The van der Waals surface area contributed by atoms with E-state index in [1.54, 1.807) is 18.2 Å². The second-order valence-corrected chi connectivity index (χ2v) is 6.81. The van der Waals surface area contributed by atoms with Crippen molar-refractivity contribution in [3.63, 3.8) is 0 Å². The van der Waals surface area contributed by atoms with Crippen molar-refractivity contribution in [3.8, 4) is 5.75 Å². The van der Waals surface area contributed by atoms with Gasteiger partial charge in [-0.1, -0.05) is 58.4 Å². The number of ether oxygens (including phenoxy) is 1. The van der Waals surface area contributed by atoms with Crippen LogP contribution < -0.4 is 15.6 Å². The summed E-state index contributed by atoms with van der Waals surface area (Å²) < 4.78 is 6.22. The lowest BCUT2D eigenvalue weighted by atomic mass is 10.0. The van der Waals surface area contributed by atoms with Gasteiger partial charge < -0.3 is 4.74 Å². The molecule has 0 aliphatic carbocycles. The molecule has 2 amide bonds. The standard InChI is InChI=1S/C21H19BrN2O3/c1-2-27-19-11-10-16(22)13-18(19)21(26)24-23-20(25)12-15-8-5-7-14-6-3-4-9-17(14)15/h3-11,13H,2,12H2,1H3,(H,23,25)(H,24,26). The number of rotatable bonds is 5. The summed E-state index contributed by atoms with van der Waals surface area (Å²) in [6.07, 6.45) is 0.165. The normalized spacial score (nSPS) is 10.4.